The number of carbonyl (C=O) groups excluding carboxylic acids is 2. The third kappa shape index (κ3) is 4.79. The Bertz CT molecular complexity index is 756. The molecule has 1 aromatic carbocycles. The van der Waals surface area contributed by atoms with Gasteiger partial charge in [-0.1, -0.05) is 11.6 Å². The summed E-state index contributed by atoms with van der Waals surface area (Å²) in [5.74, 6) is -0.138. The summed E-state index contributed by atoms with van der Waals surface area (Å²) in [4.78, 5) is 27.0. The molecule has 2 heterocycles. The number of nitriles is 1. The van der Waals surface area contributed by atoms with Crippen LogP contribution >= 0.6 is 0 Å². The van der Waals surface area contributed by atoms with E-state index in [1.165, 1.54) is 12.5 Å². The summed E-state index contributed by atoms with van der Waals surface area (Å²) in [6.07, 6.45) is 3.76. The van der Waals surface area contributed by atoms with Crippen LogP contribution in [0.1, 0.15) is 26.2 Å². The summed E-state index contributed by atoms with van der Waals surface area (Å²) in [6, 6.07) is 10.1. The van der Waals surface area contributed by atoms with Gasteiger partial charge < -0.3 is 15.0 Å². The van der Waals surface area contributed by atoms with Crippen molar-refractivity contribution in [3.63, 3.8) is 0 Å². The number of carbonyl (C=O) groups is 2. The average Bonchev–Trinajstić information content (AvgIpc) is 3.06. The number of nitrogens with zero attached hydrogens (tertiary/aromatic N) is 3. The van der Waals surface area contributed by atoms with Gasteiger partial charge in [-0.05, 0) is 37.1 Å². The molecule has 2 aliphatic rings. The summed E-state index contributed by atoms with van der Waals surface area (Å²) in [5.41, 5.74) is 3.27. The topological polar surface area (TPSA) is 85.7 Å². The highest BCUT2D eigenvalue weighted by Crippen LogP contribution is 2.27. The molecule has 0 aromatic heterocycles. The quantitative estimate of drug-likeness (QED) is 0.808. The van der Waals surface area contributed by atoms with Crippen LogP contribution in [0.2, 0.25) is 0 Å². The average molecular weight is 368 g/mol. The maximum Gasteiger partial charge on any atom is 0.414 e. The molecule has 1 unspecified atom stereocenters. The van der Waals surface area contributed by atoms with Crippen molar-refractivity contribution in [2.45, 2.75) is 32.3 Å². The highest BCUT2D eigenvalue weighted by Gasteiger charge is 2.32. The molecule has 2 saturated heterocycles. The van der Waals surface area contributed by atoms with Gasteiger partial charge in [-0.3, -0.25) is 9.69 Å². The highest BCUT2D eigenvalue weighted by atomic mass is 16.6. The summed E-state index contributed by atoms with van der Waals surface area (Å²) in [5, 5.41) is 11.3. The lowest BCUT2D eigenvalue weighted by Gasteiger charge is -2.30. The Hall–Kier alpha value is -3.01. The first kappa shape index (κ1) is 18.8. The van der Waals surface area contributed by atoms with Gasteiger partial charge in [0.1, 0.15) is 6.10 Å². The first-order chi connectivity index (χ1) is 13.1. The Morgan fingerprint density at radius 1 is 1.30 bits per heavy atom. The van der Waals surface area contributed by atoms with Crippen LogP contribution in [0.25, 0.3) is 0 Å². The van der Waals surface area contributed by atoms with Gasteiger partial charge in [0.15, 0.2) is 0 Å². The molecule has 27 heavy (non-hydrogen) atoms. The van der Waals surface area contributed by atoms with E-state index in [1.807, 2.05) is 30.3 Å². The van der Waals surface area contributed by atoms with Crippen molar-refractivity contribution in [3.8, 4) is 6.07 Å². The van der Waals surface area contributed by atoms with Crippen molar-refractivity contribution in [2.24, 2.45) is 0 Å². The van der Waals surface area contributed by atoms with Crippen LogP contribution in [0.15, 0.2) is 35.9 Å². The van der Waals surface area contributed by atoms with E-state index in [4.69, 9.17) is 10.00 Å². The predicted molar refractivity (Wildman–Crippen MR) is 103 cm³/mol. The molecule has 0 spiro atoms. The molecule has 0 radical (unpaired) electrons. The molecule has 1 atom stereocenters. The van der Waals surface area contributed by atoms with Gasteiger partial charge in [-0.15, -0.1) is 0 Å². The number of rotatable bonds is 5. The van der Waals surface area contributed by atoms with Gasteiger partial charge in [-0.2, -0.15) is 5.26 Å². The monoisotopic (exact) mass is 368 g/mol. The summed E-state index contributed by atoms with van der Waals surface area (Å²) >= 11 is 0. The highest BCUT2D eigenvalue weighted by molar-refractivity contribution is 5.90. The molecule has 3 rings (SSSR count). The molecule has 2 aliphatic heterocycles. The van der Waals surface area contributed by atoms with E-state index >= 15 is 0 Å². The van der Waals surface area contributed by atoms with Crippen LogP contribution in [0.5, 0.6) is 0 Å². The van der Waals surface area contributed by atoms with E-state index in [2.05, 4.69) is 16.3 Å². The Balaban J connectivity index is 1.57. The zero-order valence-electron chi connectivity index (χ0n) is 15.5. The number of hydrogen-bond donors (Lipinski definition) is 1. The Kier molecular flexibility index (Phi) is 5.97. The second-order valence-corrected chi connectivity index (χ2v) is 6.78. The second-order valence-electron chi connectivity index (χ2n) is 6.78. The molecule has 7 heteroatoms. The normalized spacial score (nSPS) is 19.5. The van der Waals surface area contributed by atoms with Gasteiger partial charge in [0, 0.05) is 31.4 Å². The van der Waals surface area contributed by atoms with Crippen LogP contribution in [0.3, 0.4) is 0 Å². The van der Waals surface area contributed by atoms with E-state index in [9.17, 15) is 9.59 Å². The number of allylic oxidation sites excluding steroid dienone is 1. The fraction of sp³-hybridized carbons (Fsp3) is 0.450. The van der Waals surface area contributed by atoms with Gasteiger partial charge in [0.2, 0.25) is 5.91 Å². The maximum atomic E-state index is 12.1. The summed E-state index contributed by atoms with van der Waals surface area (Å²) in [7, 11) is 0. The largest absolute Gasteiger partial charge is 0.442 e. The number of cyclic esters (lactones) is 1. The molecule has 2 amide bonds. The van der Waals surface area contributed by atoms with Crippen molar-refractivity contribution in [3.05, 3.63) is 35.9 Å². The van der Waals surface area contributed by atoms with E-state index in [-0.39, 0.29) is 18.1 Å². The Morgan fingerprint density at radius 3 is 2.59 bits per heavy atom. The van der Waals surface area contributed by atoms with Crippen LogP contribution < -0.4 is 15.1 Å². The number of nitrogens with one attached hydrogen (secondary N) is 1. The SMILES string of the molecule is CC(=O)NCC1CN(c2ccc(N3CCC(=CCC#N)CC3)cc2)C(=O)O1. The first-order valence-electron chi connectivity index (χ1n) is 9.19. The van der Waals surface area contributed by atoms with Crippen LogP contribution in [0.4, 0.5) is 16.2 Å². The van der Waals surface area contributed by atoms with Crippen LogP contribution in [-0.4, -0.2) is 44.3 Å². The van der Waals surface area contributed by atoms with Crippen LogP contribution in [0, 0.1) is 11.3 Å². The lowest BCUT2D eigenvalue weighted by atomic mass is 10.0. The molecule has 0 bridgehead atoms. The molecule has 2 fully saturated rings. The molecule has 0 aliphatic carbocycles. The van der Waals surface area contributed by atoms with Crippen LogP contribution in [-0.2, 0) is 9.53 Å². The lowest BCUT2D eigenvalue weighted by Crippen LogP contribution is -2.33. The second kappa shape index (κ2) is 8.58. The molecule has 1 aromatic rings. The number of ether oxygens (including phenoxy) is 1. The standard InChI is InChI=1S/C20H24N4O3/c1-15(25)22-13-19-14-24(20(26)27-19)18-6-4-17(5-7-18)23-11-8-16(9-12-23)3-2-10-21/h3-7,19H,2,8-9,11-14H2,1H3,(H,22,25). The minimum Gasteiger partial charge on any atom is -0.442 e. The van der Waals surface area contributed by atoms with Gasteiger partial charge in [0.05, 0.1) is 25.6 Å². The predicted octanol–water partition coefficient (Wildman–Crippen LogP) is 2.59. The minimum atomic E-state index is -0.386. The van der Waals surface area contributed by atoms with E-state index in [0.29, 0.717) is 19.5 Å². The van der Waals surface area contributed by atoms with Crippen molar-refractivity contribution in [1.82, 2.24) is 5.32 Å². The fourth-order valence-electron chi connectivity index (χ4n) is 3.39. The molecule has 7 nitrogen and oxygen atoms in total. The minimum absolute atomic E-state index is 0.138. The molecule has 1 N–H and O–H groups in total. The van der Waals surface area contributed by atoms with E-state index in [0.717, 1.165) is 37.3 Å². The number of benzene rings is 1. The Morgan fingerprint density at radius 2 is 1.96 bits per heavy atom. The number of anilines is 2. The lowest BCUT2D eigenvalue weighted by molar-refractivity contribution is -0.119. The maximum absolute atomic E-state index is 12.1. The number of hydrogen-bond acceptors (Lipinski definition) is 5. The van der Waals surface area contributed by atoms with Crippen molar-refractivity contribution >= 4 is 23.4 Å². The van der Waals surface area contributed by atoms with Gasteiger partial charge >= 0.3 is 6.09 Å². The third-order valence-corrected chi connectivity index (χ3v) is 4.87. The third-order valence-electron chi connectivity index (χ3n) is 4.87. The zero-order chi connectivity index (χ0) is 19.2. The number of amides is 2. The van der Waals surface area contributed by atoms with Crippen molar-refractivity contribution < 1.29 is 14.3 Å². The molecule has 0 saturated carbocycles. The Labute approximate surface area is 159 Å². The van der Waals surface area contributed by atoms with Crippen molar-refractivity contribution in [2.75, 3.05) is 36.0 Å². The van der Waals surface area contributed by atoms with E-state index in [1.54, 1.807) is 4.90 Å². The van der Waals surface area contributed by atoms with Gasteiger partial charge in [0.25, 0.3) is 0 Å². The first-order valence-corrected chi connectivity index (χ1v) is 9.19. The van der Waals surface area contributed by atoms with Gasteiger partial charge in [-0.25, -0.2) is 4.79 Å². The summed E-state index contributed by atoms with van der Waals surface area (Å²) in [6.45, 7) is 4.05. The number of piperidine rings is 1. The smallest absolute Gasteiger partial charge is 0.414 e. The fourth-order valence-corrected chi connectivity index (χ4v) is 3.39. The summed E-state index contributed by atoms with van der Waals surface area (Å²) < 4.78 is 5.30. The molecular weight excluding hydrogens is 344 g/mol. The zero-order valence-corrected chi connectivity index (χ0v) is 15.5. The molecule has 142 valence electrons. The van der Waals surface area contributed by atoms with Crippen molar-refractivity contribution in [1.29, 1.82) is 5.26 Å². The molecular formula is C20H24N4O3. The van der Waals surface area contributed by atoms with E-state index < -0.39 is 0 Å².